The number of rotatable bonds is 2. The number of nitrogens with zero attached hydrogens (tertiary/aromatic N) is 2. The van der Waals surface area contributed by atoms with Gasteiger partial charge >= 0.3 is 11.8 Å². The summed E-state index contributed by atoms with van der Waals surface area (Å²) < 4.78 is 5.14. The van der Waals surface area contributed by atoms with Gasteiger partial charge in [-0.2, -0.15) is 5.26 Å². The lowest BCUT2D eigenvalue weighted by molar-refractivity contribution is -0.0867. The third-order valence-electron chi connectivity index (χ3n) is 2.61. The normalized spacial score (nSPS) is 34.7. The van der Waals surface area contributed by atoms with Gasteiger partial charge in [-0.05, 0) is 12.2 Å². The van der Waals surface area contributed by atoms with Crippen LogP contribution in [-0.4, -0.2) is 50.9 Å². The maximum absolute atomic E-state index is 11.7. The second-order valence-corrected chi connectivity index (χ2v) is 3.75. The molecule has 18 heavy (non-hydrogen) atoms. The number of carbonyl (C=O) groups is 1. The lowest BCUT2D eigenvalue weighted by Gasteiger charge is -2.37. The van der Waals surface area contributed by atoms with E-state index in [0.29, 0.717) is 0 Å². The Morgan fingerprint density at radius 3 is 2.83 bits per heavy atom. The van der Waals surface area contributed by atoms with Crippen LogP contribution in [0.5, 0.6) is 0 Å². The van der Waals surface area contributed by atoms with Gasteiger partial charge in [0.1, 0.15) is 30.8 Å². The highest BCUT2D eigenvalue weighted by molar-refractivity contribution is 5.78. The van der Waals surface area contributed by atoms with E-state index in [1.165, 1.54) is 6.08 Å². The topological polar surface area (TPSA) is 126 Å². The molecule has 1 unspecified atom stereocenters. The van der Waals surface area contributed by atoms with Crippen molar-refractivity contribution in [3.63, 3.8) is 0 Å². The molecule has 0 aromatic rings. The van der Waals surface area contributed by atoms with Gasteiger partial charge in [0.25, 0.3) is 0 Å². The minimum Gasteiger partial charge on any atom is -0.454 e. The zero-order valence-corrected chi connectivity index (χ0v) is 9.15. The van der Waals surface area contributed by atoms with Crippen molar-refractivity contribution in [3.8, 4) is 6.07 Å². The average molecular weight is 253 g/mol. The Kier molecular flexibility index (Phi) is 2.96. The van der Waals surface area contributed by atoms with E-state index in [4.69, 9.17) is 15.1 Å². The van der Waals surface area contributed by atoms with Crippen molar-refractivity contribution >= 4 is 6.03 Å². The number of nitrogens with one attached hydrogen (secondary N) is 1. The molecule has 0 aromatic heterocycles. The minimum absolute atomic E-state index is 0.00336. The van der Waals surface area contributed by atoms with E-state index in [1.54, 1.807) is 6.07 Å². The highest BCUT2D eigenvalue weighted by atomic mass is 16.6. The van der Waals surface area contributed by atoms with Crippen LogP contribution in [0, 0.1) is 11.3 Å². The highest BCUT2D eigenvalue weighted by Gasteiger charge is 2.52. The molecule has 2 aliphatic heterocycles. The summed E-state index contributed by atoms with van der Waals surface area (Å²) in [5.41, 5.74) is -1.97. The van der Waals surface area contributed by atoms with E-state index in [1.807, 2.05) is 0 Å². The van der Waals surface area contributed by atoms with Gasteiger partial charge in [0.2, 0.25) is 0 Å². The third kappa shape index (κ3) is 1.70. The van der Waals surface area contributed by atoms with Crippen molar-refractivity contribution in [2.45, 2.75) is 18.1 Å². The minimum atomic E-state index is -1.97. The SMILES string of the molecule is N#C[C@@]1(N2C=CC(O)NC2=O)OC(CO)=C[C@H]1O. The molecule has 2 heterocycles. The van der Waals surface area contributed by atoms with Crippen LogP contribution in [0.1, 0.15) is 0 Å². The van der Waals surface area contributed by atoms with Crippen LogP contribution in [0.3, 0.4) is 0 Å². The standard InChI is InChI=1S/C10H11N3O5/c11-5-10(7(15)3-6(4-14)18-10)13-2-1-8(16)12-9(13)17/h1-3,7-8,14-16H,4H2,(H,12,17)/t7-,8?,10-/m1/s1. The summed E-state index contributed by atoms with van der Waals surface area (Å²) in [6.07, 6.45) is 0.941. The molecule has 0 radical (unpaired) electrons. The fourth-order valence-corrected chi connectivity index (χ4v) is 1.74. The summed E-state index contributed by atoms with van der Waals surface area (Å²) in [5, 5.41) is 39.2. The molecule has 0 aliphatic carbocycles. The second-order valence-electron chi connectivity index (χ2n) is 3.75. The van der Waals surface area contributed by atoms with E-state index >= 15 is 0 Å². The van der Waals surface area contributed by atoms with Gasteiger partial charge in [-0.1, -0.05) is 0 Å². The quantitative estimate of drug-likeness (QED) is 0.466. The molecule has 8 heteroatoms. The molecule has 0 aromatic carbocycles. The van der Waals surface area contributed by atoms with Crippen molar-refractivity contribution in [2.75, 3.05) is 6.61 Å². The van der Waals surface area contributed by atoms with Gasteiger partial charge in [0, 0.05) is 6.20 Å². The van der Waals surface area contributed by atoms with Crippen LogP contribution in [0.15, 0.2) is 24.1 Å². The number of nitriles is 1. The monoisotopic (exact) mass is 253 g/mol. The predicted octanol–water partition coefficient (Wildman–Crippen LogP) is -1.67. The molecular weight excluding hydrogens is 242 g/mol. The van der Waals surface area contributed by atoms with Gasteiger partial charge in [-0.15, -0.1) is 0 Å². The molecule has 0 bridgehead atoms. The van der Waals surface area contributed by atoms with Crippen molar-refractivity contribution in [1.82, 2.24) is 10.2 Å². The molecule has 3 atom stereocenters. The largest absolute Gasteiger partial charge is 0.454 e. The van der Waals surface area contributed by atoms with E-state index in [9.17, 15) is 15.0 Å². The highest BCUT2D eigenvalue weighted by Crippen LogP contribution is 2.32. The van der Waals surface area contributed by atoms with Gasteiger partial charge in [0.15, 0.2) is 0 Å². The van der Waals surface area contributed by atoms with Crippen LogP contribution < -0.4 is 5.32 Å². The van der Waals surface area contributed by atoms with Crippen molar-refractivity contribution in [1.29, 1.82) is 5.26 Å². The van der Waals surface area contributed by atoms with Crippen LogP contribution in [-0.2, 0) is 4.74 Å². The number of ether oxygens (including phenoxy) is 1. The van der Waals surface area contributed by atoms with Crippen molar-refractivity contribution in [2.24, 2.45) is 0 Å². The Bertz CT molecular complexity index is 469. The van der Waals surface area contributed by atoms with Crippen LogP contribution in [0.25, 0.3) is 0 Å². The number of carbonyl (C=O) groups excluding carboxylic acids is 1. The number of aliphatic hydroxyl groups is 3. The lowest BCUT2D eigenvalue weighted by atomic mass is 10.1. The first-order valence-electron chi connectivity index (χ1n) is 5.09. The fourth-order valence-electron chi connectivity index (χ4n) is 1.74. The van der Waals surface area contributed by atoms with Gasteiger partial charge < -0.3 is 25.4 Å². The zero-order chi connectivity index (χ0) is 13.3. The first-order valence-corrected chi connectivity index (χ1v) is 5.09. The molecule has 2 amide bonds. The Labute approximate surface area is 102 Å². The molecule has 0 spiro atoms. The average Bonchev–Trinajstić information content (AvgIpc) is 2.67. The predicted molar refractivity (Wildman–Crippen MR) is 56.1 cm³/mol. The van der Waals surface area contributed by atoms with Crippen LogP contribution in [0.4, 0.5) is 4.79 Å². The zero-order valence-electron chi connectivity index (χ0n) is 9.15. The number of hydrogen-bond acceptors (Lipinski definition) is 6. The lowest BCUT2D eigenvalue weighted by Crippen LogP contribution is -2.60. The summed E-state index contributed by atoms with van der Waals surface area (Å²) >= 11 is 0. The van der Waals surface area contributed by atoms with Crippen molar-refractivity contribution in [3.05, 3.63) is 24.1 Å². The van der Waals surface area contributed by atoms with E-state index in [0.717, 1.165) is 17.2 Å². The third-order valence-corrected chi connectivity index (χ3v) is 2.61. The van der Waals surface area contributed by atoms with Crippen LogP contribution in [0.2, 0.25) is 0 Å². The number of hydrogen-bond donors (Lipinski definition) is 4. The number of aliphatic hydroxyl groups excluding tert-OH is 3. The summed E-state index contributed by atoms with van der Waals surface area (Å²) in [4.78, 5) is 12.5. The molecule has 0 fully saturated rings. The van der Waals surface area contributed by atoms with Gasteiger partial charge in [-0.3, -0.25) is 0 Å². The molecule has 2 rings (SSSR count). The summed E-state index contributed by atoms with van der Waals surface area (Å²) in [7, 11) is 0. The molecule has 0 saturated carbocycles. The molecule has 0 saturated heterocycles. The molecule has 8 nitrogen and oxygen atoms in total. The second kappa shape index (κ2) is 4.30. The van der Waals surface area contributed by atoms with Gasteiger partial charge in [-0.25, -0.2) is 9.69 Å². The summed E-state index contributed by atoms with van der Waals surface area (Å²) in [6, 6.07) is 0.910. The number of amides is 2. The van der Waals surface area contributed by atoms with Crippen molar-refractivity contribution < 1.29 is 24.9 Å². The Balaban J connectivity index is 2.34. The number of urea groups is 1. The van der Waals surface area contributed by atoms with E-state index in [2.05, 4.69) is 5.32 Å². The molecular formula is C10H11N3O5. The Morgan fingerprint density at radius 1 is 1.61 bits per heavy atom. The van der Waals surface area contributed by atoms with Gasteiger partial charge in [0.05, 0.1) is 0 Å². The van der Waals surface area contributed by atoms with E-state index in [-0.39, 0.29) is 5.76 Å². The first-order chi connectivity index (χ1) is 8.53. The smallest absolute Gasteiger partial charge is 0.327 e. The van der Waals surface area contributed by atoms with Crippen LogP contribution >= 0.6 is 0 Å². The molecule has 96 valence electrons. The fraction of sp³-hybridized carbons (Fsp3) is 0.400. The maximum atomic E-state index is 11.7. The summed E-state index contributed by atoms with van der Waals surface area (Å²) in [6.45, 7) is -0.498. The van der Waals surface area contributed by atoms with E-state index < -0.39 is 30.7 Å². The molecule has 4 N–H and O–H groups in total. The molecule has 2 aliphatic rings. The summed E-state index contributed by atoms with van der Waals surface area (Å²) in [5.74, 6) is -0.00336. The maximum Gasteiger partial charge on any atom is 0.327 e. The first kappa shape index (κ1) is 12.4. The Hall–Kier alpha value is -2.08. The Morgan fingerprint density at radius 2 is 2.33 bits per heavy atom.